The van der Waals surface area contributed by atoms with Crippen LogP contribution in [0.4, 0.5) is 5.69 Å². The Morgan fingerprint density at radius 1 is 1.11 bits per heavy atom. The summed E-state index contributed by atoms with van der Waals surface area (Å²) in [5.74, 6) is 0.863. The fraction of sp³-hybridized carbons (Fsp3) is 0.350. The molecule has 6 nitrogen and oxygen atoms in total. The van der Waals surface area contributed by atoms with Gasteiger partial charge in [-0.1, -0.05) is 17.7 Å². The van der Waals surface area contributed by atoms with Crippen LogP contribution >= 0.6 is 11.8 Å². The third-order valence-electron chi connectivity index (χ3n) is 3.99. The predicted octanol–water partition coefficient (Wildman–Crippen LogP) is 3.43. The zero-order valence-electron chi connectivity index (χ0n) is 16.3. The lowest BCUT2D eigenvalue weighted by Gasteiger charge is -2.18. The number of hydrogen-bond acceptors (Lipinski definition) is 5. The van der Waals surface area contributed by atoms with Crippen molar-refractivity contribution in [1.29, 1.82) is 0 Å². The van der Waals surface area contributed by atoms with Crippen LogP contribution in [0.1, 0.15) is 18.9 Å². The fourth-order valence-corrected chi connectivity index (χ4v) is 4.18. The molecule has 0 aliphatic heterocycles. The number of ether oxygens (including phenoxy) is 1. The lowest BCUT2D eigenvalue weighted by atomic mass is 10.2. The van der Waals surface area contributed by atoms with Crippen molar-refractivity contribution in [3.8, 4) is 5.75 Å². The van der Waals surface area contributed by atoms with Crippen molar-refractivity contribution < 1.29 is 17.9 Å². The van der Waals surface area contributed by atoms with Crippen LogP contribution in [0.25, 0.3) is 0 Å². The molecule has 0 aliphatic rings. The lowest BCUT2D eigenvalue weighted by molar-refractivity contribution is -0.117. The van der Waals surface area contributed by atoms with Gasteiger partial charge in [-0.2, -0.15) is 16.5 Å². The Morgan fingerprint density at radius 3 is 2.32 bits per heavy atom. The van der Waals surface area contributed by atoms with Gasteiger partial charge in [0.05, 0.1) is 11.5 Å². The van der Waals surface area contributed by atoms with Gasteiger partial charge in [-0.25, -0.2) is 8.42 Å². The standard InChI is InChI=1S/C20H26N2O4S2/c1-4-26-17-9-11-18(12-10-17)28(24,25)22-19(13-14-27-3)20(23)21-16-7-5-15(2)6-8-16/h5-12,19,22H,4,13-14H2,1-3H3,(H,21,23)/t19-/m0/s1. The van der Waals surface area contributed by atoms with Gasteiger partial charge in [0.2, 0.25) is 15.9 Å². The summed E-state index contributed by atoms with van der Waals surface area (Å²) < 4.78 is 33.3. The third kappa shape index (κ3) is 6.54. The Balaban J connectivity index is 2.14. The summed E-state index contributed by atoms with van der Waals surface area (Å²) in [4.78, 5) is 12.8. The van der Waals surface area contributed by atoms with Gasteiger partial charge in [-0.3, -0.25) is 4.79 Å². The van der Waals surface area contributed by atoms with Crippen LogP contribution in [0.15, 0.2) is 53.4 Å². The fourth-order valence-electron chi connectivity index (χ4n) is 2.48. The number of nitrogens with one attached hydrogen (secondary N) is 2. The summed E-state index contributed by atoms with van der Waals surface area (Å²) in [5, 5.41) is 2.78. The minimum atomic E-state index is -3.84. The summed E-state index contributed by atoms with van der Waals surface area (Å²) in [7, 11) is -3.84. The first-order valence-corrected chi connectivity index (χ1v) is 11.8. The molecule has 0 aliphatic carbocycles. The first-order chi connectivity index (χ1) is 13.4. The number of hydrogen-bond donors (Lipinski definition) is 2. The quantitative estimate of drug-likeness (QED) is 0.613. The van der Waals surface area contributed by atoms with Crippen molar-refractivity contribution in [2.45, 2.75) is 31.2 Å². The van der Waals surface area contributed by atoms with Crippen molar-refractivity contribution in [3.63, 3.8) is 0 Å². The maximum absolute atomic E-state index is 12.7. The van der Waals surface area contributed by atoms with Crippen LogP contribution in [0.3, 0.4) is 0 Å². The zero-order valence-corrected chi connectivity index (χ0v) is 17.9. The van der Waals surface area contributed by atoms with Gasteiger partial charge in [-0.15, -0.1) is 0 Å². The molecule has 0 aromatic heterocycles. The normalized spacial score (nSPS) is 12.4. The van der Waals surface area contributed by atoms with E-state index in [1.807, 2.05) is 32.2 Å². The number of carbonyl (C=O) groups is 1. The Bertz CT molecular complexity index is 866. The topological polar surface area (TPSA) is 84.5 Å². The summed E-state index contributed by atoms with van der Waals surface area (Å²) in [6.07, 6.45) is 2.30. The Kier molecular flexibility index (Phi) is 8.35. The molecule has 2 N–H and O–H groups in total. The zero-order chi connectivity index (χ0) is 20.6. The van der Waals surface area contributed by atoms with Gasteiger partial charge in [0.1, 0.15) is 11.8 Å². The molecule has 0 spiro atoms. The highest BCUT2D eigenvalue weighted by atomic mass is 32.2. The molecule has 2 rings (SSSR count). The van der Waals surface area contributed by atoms with Crippen LogP contribution in [0, 0.1) is 6.92 Å². The van der Waals surface area contributed by atoms with E-state index in [0.29, 0.717) is 30.2 Å². The molecule has 2 aromatic carbocycles. The van der Waals surface area contributed by atoms with Crippen molar-refractivity contribution in [1.82, 2.24) is 4.72 Å². The second kappa shape index (κ2) is 10.5. The SMILES string of the molecule is CCOc1ccc(S(=O)(=O)N[C@@H](CCSC)C(=O)Nc2ccc(C)cc2)cc1. The van der Waals surface area contributed by atoms with Gasteiger partial charge in [0, 0.05) is 5.69 Å². The lowest BCUT2D eigenvalue weighted by Crippen LogP contribution is -2.44. The first-order valence-electron chi connectivity index (χ1n) is 8.97. The van der Waals surface area contributed by atoms with E-state index in [4.69, 9.17) is 4.74 Å². The molecule has 1 atom stereocenters. The Hall–Kier alpha value is -2.03. The number of amides is 1. The number of thioether (sulfide) groups is 1. The highest BCUT2D eigenvalue weighted by Crippen LogP contribution is 2.17. The average Bonchev–Trinajstić information content (AvgIpc) is 2.67. The van der Waals surface area contributed by atoms with Gasteiger partial charge in [0.25, 0.3) is 0 Å². The summed E-state index contributed by atoms with van der Waals surface area (Å²) in [6, 6.07) is 12.6. The summed E-state index contributed by atoms with van der Waals surface area (Å²) in [5.41, 5.74) is 1.71. The summed E-state index contributed by atoms with van der Waals surface area (Å²) in [6.45, 7) is 4.31. The van der Waals surface area contributed by atoms with E-state index in [1.165, 1.54) is 12.1 Å². The number of anilines is 1. The molecule has 0 bridgehead atoms. The average molecular weight is 423 g/mol. The van der Waals surface area contributed by atoms with E-state index < -0.39 is 16.1 Å². The molecule has 1 amide bonds. The van der Waals surface area contributed by atoms with E-state index in [2.05, 4.69) is 10.0 Å². The van der Waals surface area contributed by atoms with Gasteiger partial charge < -0.3 is 10.1 Å². The molecule has 152 valence electrons. The van der Waals surface area contributed by atoms with Crippen LogP contribution in [0.5, 0.6) is 5.75 Å². The van der Waals surface area contributed by atoms with Crippen LogP contribution in [0.2, 0.25) is 0 Å². The number of rotatable bonds is 10. The second-order valence-corrected chi connectivity index (χ2v) is 8.91. The molecule has 0 saturated heterocycles. The number of sulfonamides is 1. The first kappa shape index (κ1) is 22.3. The Morgan fingerprint density at radius 2 is 1.75 bits per heavy atom. The van der Waals surface area contributed by atoms with E-state index >= 15 is 0 Å². The number of aryl methyl sites for hydroxylation is 1. The molecule has 0 heterocycles. The van der Waals surface area contributed by atoms with E-state index in [1.54, 1.807) is 36.0 Å². The molecule has 0 unspecified atom stereocenters. The molecule has 28 heavy (non-hydrogen) atoms. The van der Waals surface area contributed by atoms with Crippen molar-refractivity contribution in [2.24, 2.45) is 0 Å². The predicted molar refractivity (Wildman–Crippen MR) is 115 cm³/mol. The molecule has 0 radical (unpaired) electrons. The minimum absolute atomic E-state index is 0.0910. The van der Waals surface area contributed by atoms with Crippen LogP contribution in [-0.2, 0) is 14.8 Å². The van der Waals surface area contributed by atoms with Crippen molar-refractivity contribution in [3.05, 3.63) is 54.1 Å². The maximum Gasteiger partial charge on any atom is 0.242 e. The van der Waals surface area contributed by atoms with Crippen molar-refractivity contribution in [2.75, 3.05) is 23.9 Å². The smallest absolute Gasteiger partial charge is 0.242 e. The van der Waals surface area contributed by atoms with E-state index in [-0.39, 0.29) is 10.8 Å². The van der Waals surface area contributed by atoms with Gasteiger partial charge in [-0.05, 0) is 68.7 Å². The highest BCUT2D eigenvalue weighted by Gasteiger charge is 2.25. The molecular weight excluding hydrogens is 396 g/mol. The van der Waals surface area contributed by atoms with Gasteiger partial charge in [0.15, 0.2) is 0 Å². The molecule has 0 saturated carbocycles. The van der Waals surface area contributed by atoms with Crippen molar-refractivity contribution >= 4 is 33.4 Å². The van der Waals surface area contributed by atoms with E-state index in [0.717, 1.165) is 5.56 Å². The molecular formula is C20H26N2O4S2. The summed E-state index contributed by atoms with van der Waals surface area (Å²) >= 11 is 1.55. The van der Waals surface area contributed by atoms with Gasteiger partial charge >= 0.3 is 0 Å². The molecule has 0 fully saturated rings. The van der Waals surface area contributed by atoms with E-state index in [9.17, 15) is 13.2 Å². The molecule has 2 aromatic rings. The highest BCUT2D eigenvalue weighted by molar-refractivity contribution is 7.98. The Labute approximate surface area is 171 Å². The number of carbonyl (C=O) groups excluding carboxylic acids is 1. The monoisotopic (exact) mass is 422 g/mol. The third-order valence-corrected chi connectivity index (χ3v) is 6.12. The maximum atomic E-state index is 12.7. The second-order valence-electron chi connectivity index (χ2n) is 6.22. The van der Waals surface area contributed by atoms with Crippen LogP contribution < -0.4 is 14.8 Å². The largest absolute Gasteiger partial charge is 0.494 e. The molecule has 8 heteroatoms. The number of benzene rings is 2. The van der Waals surface area contributed by atoms with Crippen LogP contribution in [-0.4, -0.2) is 39.0 Å². The minimum Gasteiger partial charge on any atom is -0.494 e.